The number of hydrogen-bond donors (Lipinski definition) is 0. The second kappa shape index (κ2) is 10.4. The molecular weight excluding hydrogens is 424 g/mol. The Hall–Kier alpha value is -2.17. The zero-order valence-electron chi connectivity index (χ0n) is 17.1. The van der Waals surface area contributed by atoms with E-state index in [9.17, 15) is 8.42 Å². The number of rotatable bonds is 14. The molecule has 0 aromatic heterocycles. The highest BCUT2D eigenvalue weighted by Crippen LogP contribution is 2.25. The van der Waals surface area contributed by atoms with Gasteiger partial charge in [-0.05, 0) is 48.5 Å². The summed E-state index contributed by atoms with van der Waals surface area (Å²) in [5.41, 5.74) is 0. The molecule has 2 aliphatic heterocycles. The van der Waals surface area contributed by atoms with Crippen LogP contribution in [0.15, 0.2) is 58.3 Å². The number of hydrogen-bond acceptors (Lipinski definition) is 8. The monoisotopic (exact) mass is 450 g/mol. The van der Waals surface area contributed by atoms with Crippen LogP contribution in [0.5, 0.6) is 11.5 Å². The second-order valence-electron chi connectivity index (χ2n) is 7.20. The van der Waals surface area contributed by atoms with Crippen molar-refractivity contribution < 1.29 is 36.8 Å². The van der Waals surface area contributed by atoms with Crippen molar-refractivity contribution in [2.75, 3.05) is 52.9 Å². The maximum Gasteiger partial charge on any atom is 0.206 e. The third-order valence-corrected chi connectivity index (χ3v) is 6.46. The van der Waals surface area contributed by atoms with Gasteiger partial charge in [0.15, 0.2) is 0 Å². The van der Waals surface area contributed by atoms with Gasteiger partial charge in [-0.2, -0.15) is 0 Å². The van der Waals surface area contributed by atoms with Gasteiger partial charge in [-0.1, -0.05) is 0 Å². The third-order valence-electron chi connectivity index (χ3n) is 4.67. The Kier molecular flexibility index (Phi) is 7.41. The molecule has 9 heteroatoms. The van der Waals surface area contributed by atoms with Gasteiger partial charge in [-0.15, -0.1) is 0 Å². The van der Waals surface area contributed by atoms with E-state index in [0.29, 0.717) is 51.1 Å². The zero-order chi connectivity index (χ0) is 21.5. The summed E-state index contributed by atoms with van der Waals surface area (Å²) in [5.74, 6) is 1.17. The molecule has 31 heavy (non-hydrogen) atoms. The van der Waals surface area contributed by atoms with Gasteiger partial charge in [0.05, 0.1) is 49.4 Å². The van der Waals surface area contributed by atoms with Gasteiger partial charge in [0, 0.05) is 0 Å². The fourth-order valence-corrected chi connectivity index (χ4v) is 4.02. The molecule has 2 heterocycles. The number of ether oxygens (including phenoxy) is 6. The summed E-state index contributed by atoms with van der Waals surface area (Å²) in [6.07, 6.45) is 0.457. The first-order chi connectivity index (χ1) is 15.1. The molecule has 0 spiro atoms. The normalized spacial score (nSPS) is 19.7. The topological polar surface area (TPSA) is 96.1 Å². The van der Waals surface area contributed by atoms with Crippen molar-refractivity contribution in [2.45, 2.75) is 22.0 Å². The number of sulfone groups is 1. The summed E-state index contributed by atoms with van der Waals surface area (Å²) in [4.78, 5) is 0.401. The van der Waals surface area contributed by atoms with E-state index in [2.05, 4.69) is 0 Å². The van der Waals surface area contributed by atoms with Crippen LogP contribution in [-0.2, 0) is 28.8 Å². The van der Waals surface area contributed by atoms with Crippen LogP contribution in [0.25, 0.3) is 0 Å². The van der Waals surface area contributed by atoms with Crippen molar-refractivity contribution in [3.05, 3.63) is 48.5 Å². The summed E-state index contributed by atoms with van der Waals surface area (Å²) in [6, 6.07) is 12.7. The van der Waals surface area contributed by atoms with E-state index < -0.39 is 9.84 Å². The molecule has 2 aliphatic rings. The summed E-state index contributed by atoms with van der Waals surface area (Å²) in [5, 5.41) is 0. The Morgan fingerprint density at radius 2 is 1.06 bits per heavy atom. The van der Waals surface area contributed by atoms with Crippen LogP contribution >= 0.6 is 0 Å². The van der Waals surface area contributed by atoms with Crippen LogP contribution < -0.4 is 9.47 Å². The minimum absolute atomic E-state index is 0.200. The fourth-order valence-electron chi connectivity index (χ4n) is 2.76. The lowest BCUT2D eigenvalue weighted by Crippen LogP contribution is -2.10. The van der Waals surface area contributed by atoms with E-state index in [-0.39, 0.29) is 22.0 Å². The maximum absolute atomic E-state index is 12.8. The lowest BCUT2D eigenvalue weighted by molar-refractivity contribution is 0.0878. The Balaban J connectivity index is 1.23. The predicted molar refractivity (Wildman–Crippen MR) is 110 cm³/mol. The Morgan fingerprint density at radius 3 is 1.42 bits per heavy atom. The molecular formula is C22H26O8S. The first kappa shape index (κ1) is 22.0. The molecule has 0 amide bonds. The zero-order valence-corrected chi connectivity index (χ0v) is 17.9. The largest absolute Gasteiger partial charge is 0.491 e. The molecule has 2 unspecified atom stereocenters. The van der Waals surface area contributed by atoms with Crippen molar-refractivity contribution in [2.24, 2.45) is 0 Å². The molecule has 168 valence electrons. The van der Waals surface area contributed by atoms with E-state index in [1.807, 2.05) is 0 Å². The highest BCUT2D eigenvalue weighted by molar-refractivity contribution is 7.91. The van der Waals surface area contributed by atoms with Crippen LogP contribution in [0, 0.1) is 0 Å². The minimum Gasteiger partial charge on any atom is -0.491 e. The third kappa shape index (κ3) is 6.91. The molecule has 2 fully saturated rings. The van der Waals surface area contributed by atoms with Crippen LogP contribution in [0.1, 0.15) is 0 Å². The quantitative estimate of drug-likeness (QED) is 0.319. The van der Waals surface area contributed by atoms with Crippen molar-refractivity contribution >= 4 is 9.84 Å². The Labute approximate surface area is 181 Å². The second-order valence-corrected chi connectivity index (χ2v) is 9.15. The van der Waals surface area contributed by atoms with Crippen molar-refractivity contribution in [1.82, 2.24) is 0 Å². The van der Waals surface area contributed by atoms with Gasteiger partial charge in [0.1, 0.15) is 36.9 Å². The molecule has 0 bridgehead atoms. The van der Waals surface area contributed by atoms with Crippen LogP contribution in [0.4, 0.5) is 0 Å². The summed E-state index contributed by atoms with van der Waals surface area (Å²) >= 11 is 0. The van der Waals surface area contributed by atoms with Crippen molar-refractivity contribution in [3.63, 3.8) is 0 Å². The van der Waals surface area contributed by atoms with Gasteiger partial charge in [0.25, 0.3) is 0 Å². The molecule has 0 saturated carbocycles. The van der Waals surface area contributed by atoms with Gasteiger partial charge in [0.2, 0.25) is 9.84 Å². The molecule has 0 aliphatic carbocycles. The lowest BCUT2D eigenvalue weighted by Gasteiger charge is -2.10. The summed E-state index contributed by atoms with van der Waals surface area (Å²) in [6.45, 7) is 4.36. The standard InChI is InChI=1S/C22H26O8S/c23-31(24,21-5-1-17(2-6-21)27-11-9-25-13-19-15-29-19)22-7-3-18(4-8-22)28-12-10-26-14-20-16-30-20/h1-8,19-20H,9-16H2. The van der Waals surface area contributed by atoms with Crippen LogP contribution in [0.3, 0.4) is 0 Å². The van der Waals surface area contributed by atoms with Gasteiger partial charge in [-0.25, -0.2) is 8.42 Å². The molecule has 2 atom stereocenters. The molecule has 0 radical (unpaired) electrons. The van der Waals surface area contributed by atoms with Crippen LogP contribution in [-0.4, -0.2) is 73.5 Å². The van der Waals surface area contributed by atoms with E-state index in [4.69, 9.17) is 28.4 Å². The van der Waals surface area contributed by atoms with E-state index in [1.54, 1.807) is 24.3 Å². The molecule has 2 aromatic rings. The summed E-state index contributed by atoms with van der Waals surface area (Å²) in [7, 11) is -3.62. The highest BCUT2D eigenvalue weighted by atomic mass is 32.2. The Bertz CT molecular complexity index is 847. The molecule has 2 aromatic carbocycles. The Morgan fingerprint density at radius 1 is 0.677 bits per heavy atom. The van der Waals surface area contributed by atoms with E-state index >= 15 is 0 Å². The molecule has 4 rings (SSSR count). The smallest absolute Gasteiger partial charge is 0.206 e. The predicted octanol–water partition coefficient (Wildman–Crippen LogP) is 2.11. The molecule has 0 N–H and O–H groups in total. The average Bonchev–Trinajstić information content (AvgIpc) is 3.70. The van der Waals surface area contributed by atoms with Crippen molar-refractivity contribution in [1.29, 1.82) is 0 Å². The lowest BCUT2D eigenvalue weighted by atomic mass is 10.3. The van der Waals surface area contributed by atoms with Crippen LogP contribution in [0.2, 0.25) is 0 Å². The van der Waals surface area contributed by atoms with Gasteiger partial charge >= 0.3 is 0 Å². The fraction of sp³-hybridized carbons (Fsp3) is 0.455. The average molecular weight is 451 g/mol. The van der Waals surface area contributed by atoms with Gasteiger partial charge < -0.3 is 28.4 Å². The van der Waals surface area contributed by atoms with Gasteiger partial charge in [-0.3, -0.25) is 0 Å². The molecule has 2 saturated heterocycles. The summed E-state index contributed by atoms with van der Waals surface area (Å²) < 4.78 is 57.8. The van der Waals surface area contributed by atoms with E-state index in [0.717, 1.165) is 13.2 Å². The maximum atomic E-state index is 12.8. The minimum atomic E-state index is -3.62. The number of epoxide rings is 2. The molecule has 8 nitrogen and oxygen atoms in total. The number of benzene rings is 2. The SMILES string of the molecule is O=S(=O)(c1ccc(OCCOCC2CO2)cc1)c1ccc(OCCOCC2CO2)cc1. The van der Waals surface area contributed by atoms with E-state index in [1.165, 1.54) is 24.3 Å². The first-order valence-electron chi connectivity index (χ1n) is 10.2. The first-order valence-corrected chi connectivity index (χ1v) is 11.7. The van der Waals surface area contributed by atoms with Crippen molar-refractivity contribution in [3.8, 4) is 11.5 Å². The highest BCUT2D eigenvalue weighted by Gasteiger charge is 2.22.